The molecule has 2 nitrogen and oxygen atoms in total. The average molecular weight is 237 g/mol. The highest BCUT2D eigenvalue weighted by molar-refractivity contribution is 5.89. The van der Waals surface area contributed by atoms with E-state index in [1.165, 1.54) is 6.08 Å². The summed E-state index contributed by atoms with van der Waals surface area (Å²) in [5.74, 6) is 0.793. The fourth-order valence-corrected chi connectivity index (χ4v) is 1.78. The van der Waals surface area contributed by atoms with E-state index in [-0.39, 0.29) is 0 Å². The van der Waals surface area contributed by atoms with Crippen LogP contribution in [-0.4, -0.2) is 13.4 Å². The highest BCUT2D eigenvalue weighted by atomic mass is 16.5. The van der Waals surface area contributed by atoms with Gasteiger partial charge in [0.05, 0.1) is 7.11 Å². The summed E-state index contributed by atoms with van der Waals surface area (Å²) >= 11 is 0. The fraction of sp³-hybridized carbons (Fsp3) is 0.0625. The van der Waals surface area contributed by atoms with Gasteiger partial charge in [0.25, 0.3) is 0 Å². The lowest BCUT2D eigenvalue weighted by atomic mass is 9.98. The molecular formula is C16H13O2. The largest absolute Gasteiger partial charge is 0.497 e. The molecule has 2 aromatic carbocycles. The smallest absolute Gasteiger partial charge is 0.226 e. The number of carbonyl (C=O) groups excluding carboxylic acids is 1. The fourth-order valence-electron chi connectivity index (χ4n) is 1.78. The lowest BCUT2D eigenvalue weighted by Crippen LogP contribution is -1.89. The summed E-state index contributed by atoms with van der Waals surface area (Å²) in [6.07, 6.45) is 3.31. The second-order valence-corrected chi connectivity index (χ2v) is 3.77. The zero-order valence-corrected chi connectivity index (χ0v) is 10.1. The van der Waals surface area contributed by atoms with E-state index in [1.807, 2.05) is 60.9 Å². The van der Waals surface area contributed by atoms with Crippen molar-refractivity contribution in [2.45, 2.75) is 0 Å². The van der Waals surface area contributed by atoms with E-state index in [0.29, 0.717) is 0 Å². The van der Waals surface area contributed by atoms with Gasteiger partial charge in [-0.05, 0) is 34.9 Å². The Kier molecular flexibility index (Phi) is 3.92. The molecule has 1 radical (unpaired) electrons. The third-order valence-corrected chi connectivity index (χ3v) is 2.69. The monoisotopic (exact) mass is 237 g/mol. The Labute approximate surface area is 107 Å². The van der Waals surface area contributed by atoms with Crippen molar-refractivity contribution >= 4 is 11.9 Å². The standard InChI is InChI=1S/C16H13O2/c1-18-15-9-7-14(8-10-15)16(11-12-17)13-5-3-2-4-6-13/h2-11H,1H3. The first-order valence-corrected chi connectivity index (χ1v) is 5.63. The molecule has 0 unspecified atom stereocenters. The molecule has 0 fully saturated rings. The number of methoxy groups -OCH3 is 1. The maximum Gasteiger partial charge on any atom is 0.226 e. The Morgan fingerprint density at radius 1 is 1.00 bits per heavy atom. The van der Waals surface area contributed by atoms with Gasteiger partial charge in [0, 0.05) is 0 Å². The molecule has 18 heavy (non-hydrogen) atoms. The number of benzene rings is 2. The van der Waals surface area contributed by atoms with Crippen molar-refractivity contribution in [1.82, 2.24) is 0 Å². The average Bonchev–Trinajstić information content (AvgIpc) is 2.46. The Balaban J connectivity index is 2.42. The van der Waals surface area contributed by atoms with Crippen LogP contribution in [0.4, 0.5) is 0 Å². The number of hydrogen-bond donors (Lipinski definition) is 0. The van der Waals surface area contributed by atoms with Gasteiger partial charge in [0.15, 0.2) is 0 Å². The van der Waals surface area contributed by atoms with Crippen molar-refractivity contribution in [1.29, 1.82) is 0 Å². The van der Waals surface area contributed by atoms with Crippen LogP contribution in [0, 0.1) is 0 Å². The predicted octanol–water partition coefficient (Wildman–Crippen LogP) is 3.24. The van der Waals surface area contributed by atoms with E-state index >= 15 is 0 Å². The minimum atomic E-state index is 0.793. The number of allylic oxidation sites excluding steroid dienone is 1. The van der Waals surface area contributed by atoms with Crippen molar-refractivity contribution in [3.05, 3.63) is 71.8 Å². The van der Waals surface area contributed by atoms with Crippen LogP contribution in [0.25, 0.3) is 5.57 Å². The minimum Gasteiger partial charge on any atom is -0.497 e. The third kappa shape index (κ3) is 2.66. The predicted molar refractivity (Wildman–Crippen MR) is 72.2 cm³/mol. The molecule has 0 amide bonds. The van der Waals surface area contributed by atoms with Crippen molar-refractivity contribution < 1.29 is 9.53 Å². The SMILES string of the molecule is COc1ccc(C(=C[C]=O)c2ccccc2)cc1. The molecule has 0 aliphatic heterocycles. The molecule has 0 heterocycles. The molecule has 0 aliphatic carbocycles. The van der Waals surface area contributed by atoms with Crippen LogP contribution in [-0.2, 0) is 4.79 Å². The summed E-state index contributed by atoms with van der Waals surface area (Å²) in [5.41, 5.74) is 2.81. The van der Waals surface area contributed by atoms with Gasteiger partial charge in [-0.3, -0.25) is 4.79 Å². The normalized spacial score (nSPS) is 11.1. The number of hydrogen-bond acceptors (Lipinski definition) is 2. The number of rotatable bonds is 4. The summed E-state index contributed by atoms with van der Waals surface area (Å²) in [6.45, 7) is 0. The van der Waals surface area contributed by atoms with Gasteiger partial charge in [-0.15, -0.1) is 0 Å². The Morgan fingerprint density at radius 3 is 2.17 bits per heavy atom. The lowest BCUT2D eigenvalue weighted by molar-refractivity contribution is 0.415. The van der Waals surface area contributed by atoms with Crippen LogP contribution in [0.1, 0.15) is 11.1 Å². The van der Waals surface area contributed by atoms with Gasteiger partial charge < -0.3 is 4.74 Å². The van der Waals surface area contributed by atoms with Crippen LogP contribution in [0.5, 0.6) is 5.75 Å². The van der Waals surface area contributed by atoms with Crippen molar-refractivity contribution in [2.75, 3.05) is 7.11 Å². The molecule has 0 N–H and O–H groups in total. The molecule has 0 saturated heterocycles. The molecule has 0 atom stereocenters. The molecule has 0 aromatic heterocycles. The lowest BCUT2D eigenvalue weighted by Gasteiger charge is -2.08. The van der Waals surface area contributed by atoms with Gasteiger partial charge in [-0.25, -0.2) is 0 Å². The first-order chi connectivity index (χ1) is 8.85. The maximum absolute atomic E-state index is 10.7. The van der Waals surface area contributed by atoms with Crippen LogP contribution < -0.4 is 4.74 Å². The number of ether oxygens (including phenoxy) is 1. The van der Waals surface area contributed by atoms with Crippen LogP contribution >= 0.6 is 0 Å². The molecule has 2 rings (SSSR count). The van der Waals surface area contributed by atoms with E-state index in [2.05, 4.69) is 0 Å². The van der Waals surface area contributed by atoms with E-state index in [0.717, 1.165) is 22.4 Å². The minimum absolute atomic E-state index is 0.793. The van der Waals surface area contributed by atoms with Crippen LogP contribution in [0.15, 0.2) is 60.7 Å². The highest BCUT2D eigenvalue weighted by Crippen LogP contribution is 2.24. The quantitative estimate of drug-likeness (QED) is 0.763. The molecule has 2 heteroatoms. The topological polar surface area (TPSA) is 26.3 Å². The maximum atomic E-state index is 10.7. The summed E-state index contributed by atoms with van der Waals surface area (Å²) in [7, 11) is 1.63. The van der Waals surface area contributed by atoms with E-state index in [1.54, 1.807) is 7.11 Å². The van der Waals surface area contributed by atoms with Crippen LogP contribution in [0.3, 0.4) is 0 Å². The van der Waals surface area contributed by atoms with E-state index in [4.69, 9.17) is 4.74 Å². The molecular weight excluding hydrogens is 224 g/mol. The summed E-state index contributed by atoms with van der Waals surface area (Å²) in [5, 5.41) is 0. The summed E-state index contributed by atoms with van der Waals surface area (Å²) < 4.78 is 5.12. The molecule has 0 bridgehead atoms. The summed E-state index contributed by atoms with van der Waals surface area (Å²) in [4.78, 5) is 10.7. The van der Waals surface area contributed by atoms with Gasteiger partial charge in [-0.2, -0.15) is 0 Å². The molecule has 0 aliphatic rings. The molecule has 0 saturated carbocycles. The van der Waals surface area contributed by atoms with Gasteiger partial charge in [0.2, 0.25) is 6.29 Å². The first-order valence-electron chi connectivity index (χ1n) is 5.63. The van der Waals surface area contributed by atoms with Gasteiger partial charge in [0.1, 0.15) is 5.75 Å². The molecule has 0 spiro atoms. The zero-order chi connectivity index (χ0) is 12.8. The van der Waals surface area contributed by atoms with E-state index < -0.39 is 0 Å². The van der Waals surface area contributed by atoms with Crippen LogP contribution in [0.2, 0.25) is 0 Å². The van der Waals surface area contributed by atoms with Crippen molar-refractivity contribution in [3.8, 4) is 5.75 Å². The Hall–Kier alpha value is -2.35. The highest BCUT2D eigenvalue weighted by Gasteiger charge is 2.04. The van der Waals surface area contributed by atoms with Gasteiger partial charge >= 0.3 is 0 Å². The first kappa shape index (κ1) is 12.1. The molecule has 89 valence electrons. The van der Waals surface area contributed by atoms with Crippen molar-refractivity contribution in [2.24, 2.45) is 0 Å². The van der Waals surface area contributed by atoms with Gasteiger partial charge in [-0.1, -0.05) is 42.5 Å². The zero-order valence-electron chi connectivity index (χ0n) is 10.1. The second-order valence-electron chi connectivity index (χ2n) is 3.77. The Morgan fingerprint density at radius 2 is 1.61 bits per heavy atom. The van der Waals surface area contributed by atoms with Crippen molar-refractivity contribution in [3.63, 3.8) is 0 Å². The second kappa shape index (κ2) is 5.82. The third-order valence-electron chi connectivity index (χ3n) is 2.69. The summed E-state index contributed by atoms with van der Waals surface area (Å²) in [6, 6.07) is 17.4. The van der Waals surface area contributed by atoms with E-state index in [9.17, 15) is 4.79 Å². The molecule has 2 aromatic rings. The Bertz CT molecular complexity index is 539.